The standard InChI is InChI=1S/C23H21FN2O/c1-25-16-26(20-12-14-21(27-2)15-13-20)23(17-6-4-3-5-7-17)22(25)18-8-10-19(24)11-9-18/h3-15H,16H2,1-2H3/i16+1. The third-order valence-corrected chi connectivity index (χ3v) is 4.78. The summed E-state index contributed by atoms with van der Waals surface area (Å²) in [7, 11) is 3.73. The number of benzene rings is 3. The van der Waals surface area contributed by atoms with Crippen molar-refractivity contribution in [3.63, 3.8) is 0 Å². The summed E-state index contributed by atoms with van der Waals surface area (Å²) in [6, 6.07) is 25.0. The molecule has 0 atom stereocenters. The van der Waals surface area contributed by atoms with Crippen LogP contribution in [0, 0.1) is 5.82 Å². The van der Waals surface area contributed by atoms with Crippen molar-refractivity contribution < 1.29 is 9.13 Å². The molecule has 0 aromatic heterocycles. The molecule has 0 saturated heterocycles. The normalized spacial score (nSPS) is 14.0. The van der Waals surface area contributed by atoms with Crippen molar-refractivity contribution in [1.29, 1.82) is 0 Å². The Kier molecular flexibility index (Phi) is 4.55. The summed E-state index contributed by atoms with van der Waals surface area (Å²) in [5.74, 6) is 0.601. The van der Waals surface area contributed by atoms with Crippen LogP contribution in [0.25, 0.3) is 11.4 Å². The van der Waals surface area contributed by atoms with Gasteiger partial charge in [0, 0.05) is 23.9 Å². The molecule has 3 aromatic carbocycles. The number of nitrogens with zero attached hydrogens (tertiary/aromatic N) is 2. The van der Waals surface area contributed by atoms with Crippen LogP contribution in [-0.2, 0) is 0 Å². The number of anilines is 1. The Labute approximate surface area is 158 Å². The number of hydrogen-bond acceptors (Lipinski definition) is 3. The van der Waals surface area contributed by atoms with Gasteiger partial charge in [0.25, 0.3) is 0 Å². The second kappa shape index (κ2) is 7.16. The maximum atomic E-state index is 13.5. The molecule has 4 heteroatoms. The number of rotatable bonds is 4. The SMILES string of the molecule is COc1ccc(N2[13CH2]N(C)C(c3ccc(F)cc3)=C2c2ccccc2)cc1. The molecule has 0 radical (unpaired) electrons. The quantitative estimate of drug-likeness (QED) is 0.604. The lowest BCUT2D eigenvalue weighted by atomic mass is 10.0. The lowest BCUT2D eigenvalue weighted by molar-refractivity contribution is 0.415. The molecule has 136 valence electrons. The van der Waals surface area contributed by atoms with E-state index in [1.807, 2.05) is 42.5 Å². The van der Waals surface area contributed by atoms with Gasteiger partial charge in [-0.2, -0.15) is 0 Å². The topological polar surface area (TPSA) is 15.7 Å². The monoisotopic (exact) mass is 361 g/mol. The van der Waals surface area contributed by atoms with Gasteiger partial charge in [0.1, 0.15) is 11.6 Å². The van der Waals surface area contributed by atoms with Gasteiger partial charge in [-0.25, -0.2) is 4.39 Å². The van der Waals surface area contributed by atoms with E-state index in [1.54, 1.807) is 7.11 Å². The molecule has 1 aliphatic heterocycles. The van der Waals surface area contributed by atoms with Gasteiger partial charge in [0.2, 0.25) is 0 Å². The number of methoxy groups -OCH3 is 1. The largest absolute Gasteiger partial charge is 0.497 e. The average molecular weight is 361 g/mol. The Balaban J connectivity index is 1.87. The van der Waals surface area contributed by atoms with Crippen molar-refractivity contribution in [2.75, 3.05) is 25.7 Å². The zero-order chi connectivity index (χ0) is 18.8. The first kappa shape index (κ1) is 17.2. The molecule has 0 saturated carbocycles. The van der Waals surface area contributed by atoms with Gasteiger partial charge in [0.15, 0.2) is 0 Å². The Morgan fingerprint density at radius 3 is 2.04 bits per heavy atom. The minimum absolute atomic E-state index is 0.228. The van der Waals surface area contributed by atoms with Crippen molar-refractivity contribution in [2.24, 2.45) is 0 Å². The van der Waals surface area contributed by atoms with Crippen LogP contribution >= 0.6 is 0 Å². The van der Waals surface area contributed by atoms with E-state index in [1.165, 1.54) is 12.1 Å². The maximum Gasteiger partial charge on any atom is 0.123 e. The summed E-state index contributed by atoms with van der Waals surface area (Å²) in [5, 5.41) is 0. The first-order valence-electron chi connectivity index (χ1n) is 8.86. The third-order valence-electron chi connectivity index (χ3n) is 4.78. The van der Waals surface area contributed by atoms with E-state index in [9.17, 15) is 4.39 Å². The highest BCUT2D eigenvalue weighted by Gasteiger charge is 2.29. The second-order valence-electron chi connectivity index (χ2n) is 6.54. The Bertz CT molecular complexity index is 950. The highest BCUT2D eigenvalue weighted by molar-refractivity contribution is 5.98. The lowest BCUT2D eigenvalue weighted by Gasteiger charge is -2.23. The summed E-state index contributed by atoms with van der Waals surface area (Å²) in [4.78, 5) is 4.47. The van der Waals surface area contributed by atoms with Crippen LogP contribution in [0.1, 0.15) is 11.1 Å². The van der Waals surface area contributed by atoms with Crippen LogP contribution in [0.2, 0.25) is 0 Å². The fourth-order valence-electron chi connectivity index (χ4n) is 3.49. The van der Waals surface area contributed by atoms with E-state index in [0.717, 1.165) is 34.0 Å². The summed E-state index contributed by atoms with van der Waals surface area (Å²) in [6.45, 7) is 0.712. The van der Waals surface area contributed by atoms with E-state index in [0.29, 0.717) is 6.67 Å². The van der Waals surface area contributed by atoms with Crippen LogP contribution in [-0.4, -0.2) is 25.7 Å². The van der Waals surface area contributed by atoms with Crippen molar-refractivity contribution in [3.8, 4) is 5.75 Å². The zero-order valence-corrected chi connectivity index (χ0v) is 15.4. The highest BCUT2D eigenvalue weighted by Crippen LogP contribution is 2.40. The predicted octanol–water partition coefficient (Wildman–Crippen LogP) is 5.07. The third kappa shape index (κ3) is 3.26. The summed E-state index contributed by atoms with van der Waals surface area (Å²) >= 11 is 0. The van der Waals surface area contributed by atoms with Crippen LogP contribution in [0.5, 0.6) is 5.75 Å². The molecular weight excluding hydrogens is 340 g/mol. The van der Waals surface area contributed by atoms with Crippen LogP contribution < -0.4 is 9.64 Å². The van der Waals surface area contributed by atoms with Crippen molar-refractivity contribution in [1.82, 2.24) is 4.90 Å². The summed E-state index contributed by atoms with van der Waals surface area (Å²) < 4.78 is 18.7. The molecular formula is C23H21FN2O. The molecule has 1 aliphatic rings. The molecule has 0 bridgehead atoms. The van der Waals surface area contributed by atoms with Gasteiger partial charge in [-0.3, -0.25) is 0 Å². The van der Waals surface area contributed by atoms with E-state index < -0.39 is 0 Å². The van der Waals surface area contributed by atoms with E-state index in [4.69, 9.17) is 4.74 Å². The average Bonchev–Trinajstić information content (AvgIpc) is 3.06. The van der Waals surface area contributed by atoms with Gasteiger partial charge >= 0.3 is 0 Å². The van der Waals surface area contributed by atoms with Crippen LogP contribution in [0.15, 0.2) is 78.9 Å². The van der Waals surface area contributed by atoms with Crippen molar-refractivity contribution >= 4 is 17.1 Å². The highest BCUT2D eigenvalue weighted by atomic mass is 19.1. The van der Waals surface area contributed by atoms with Crippen LogP contribution in [0.4, 0.5) is 10.1 Å². The minimum atomic E-state index is -0.228. The fraction of sp³-hybridized carbons (Fsp3) is 0.130. The molecule has 0 spiro atoms. The van der Waals surface area contributed by atoms with Gasteiger partial charge in [-0.05, 0) is 48.5 Å². The van der Waals surface area contributed by atoms with E-state index in [-0.39, 0.29) is 5.82 Å². The summed E-state index contributed by atoms with van der Waals surface area (Å²) in [5.41, 5.74) is 5.39. The minimum Gasteiger partial charge on any atom is -0.497 e. The zero-order valence-electron chi connectivity index (χ0n) is 15.4. The van der Waals surface area contributed by atoms with E-state index in [2.05, 4.69) is 41.1 Å². The molecule has 0 fully saturated rings. The van der Waals surface area contributed by atoms with Crippen LogP contribution in [0.3, 0.4) is 0 Å². The first-order chi connectivity index (χ1) is 13.2. The summed E-state index contributed by atoms with van der Waals surface area (Å²) in [6.07, 6.45) is 0. The Hall–Kier alpha value is -3.27. The molecule has 3 aromatic rings. The van der Waals surface area contributed by atoms with Gasteiger partial charge in [-0.1, -0.05) is 30.3 Å². The molecule has 0 aliphatic carbocycles. The number of halogens is 1. The fourth-order valence-corrected chi connectivity index (χ4v) is 3.49. The van der Waals surface area contributed by atoms with Gasteiger partial charge in [0.05, 0.1) is 25.2 Å². The van der Waals surface area contributed by atoms with Crippen molar-refractivity contribution in [3.05, 3.63) is 95.8 Å². The van der Waals surface area contributed by atoms with Gasteiger partial charge in [-0.15, -0.1) is 0 Å². The Morgan fingerprint density at radius 1 is 0.778 bits per heavy atom. The molecule has 4 rings (SSSR count). The molecule has 0 unspecified atom stereocenters. The smallest absolute Gasteiger partial charge is 0.123 e. The van der Waals surface area contributed by atoms with Gasteiger partial charge < -0.3 is 14.5 Å². The lowest BCUT2D eigenvalue weighted by Crippen LogP contribution is -2.24. The molecule has 0 amide bonds. The second-order valence-corrected chi connectivity index (χ2v) is 6.54. The molecule has 27 heavy (non-hydrogen) atoms. The maximum absolute atomic E-state index is 13.5. The molecule has 1 heterocycles. The number of ether oxygens (including phenoxy) is 1. The van der Waals surface area contributed by atoms with E-state index >= 15 is 0 Å². The van der Waals surface area contributed by atoms with Crippen molar-refractivity contribution in [2.45, 2.75) is 0 Å². The number of hydrogen-bond donors (Lipinski definition) is 0. The predicted molar refractivity (Wildman–Crippen MR) is 108 cm³/mol. The molecule has 3 nitrogen and oxygen atoms in total. The molecule has 0 N–H and O–H groups in total. The first-order valence-corrected chi connectivity index (χ1v) is 8.86. The Morgan fingerprint density at radius 2 is 1.41 bits per heavy atom.